The Hall–Kier alpha value is -2.08. The summed E-state index contributed by atoms with van der Waals surface area (Å²) in [5, 5.41) is 25.8. The van der Waals surface area contributed by atoms with Crippen molar-refractivity contribution in [2.75, 3.05) is 26.2 Å². The van der Waals surface area contributed by atoms with Crippen LogP contribution in [0.1, 0.15) is 6.42 Å². The summed E-state index contributed by atoms with van der Waals surface area (Å²) in [7, 11) is -3.84. The van der Waals surface area contributed by atoms with E-state index in [1.54, 1.807) is 0 Å². The second-order valence-electron chi connectivity index (χ2n) is 5.69. The molecule has 1 aliphatic heterocycles. The van der Waals surface area contributed by atoms with Gasteiger partial charge in [-0.25, -0.2) is 13.1 Å². The van der Waals surface area contributed by atoms with Crippen LogP contribution in [0.4, 0.5) is 5.69 Å². The fourth-order valence-electron chi connectivity index (χ4n) is 2.39. The first kappa shape index (κ1) is 19.2. The predicted molar refractivity (Wildman–Crippen MR) is 88.3 cm³/mol. The Labute approximate surface area is 144 Å². The summed E-state index contributed by atoms with van der Waals surface area (Å²) in [6.45, 7) is 1.34. The highest BCUT2D eigenvalue weighted by Gasteiger charge is 2.25. The maximum atomic E-state index is 12.1. The lowest BCUT2D eigenvalue weighted by molar-refractivity contribution is -0.384. The molecule has 4 N–H and O–H groups in total. The third-order valence-corrected chi connectivity index (χ3v) is 5.34. The average molecular weight is 372 g/mol. The molecule has 0 saturated carbocycles. The lowest BCUT2D eigenvalue weighted by Gasteiger charge is -2.14. The Morgan fingerprint density at radius 2 is 2.00 bits per heavy atom. The number of nitro benzene ring substituents is 1. The van der Waals surface area contributed by atoms with Gasteiger partial charge in [0.1, 0.15) is 0 Å². The average Bonchev–Trinajstić information content (AvgIpc) is 2.98. The van der Waals surface area contributed by atoms with Gasteiger partial charge < -0.3 is 15.7 Å². The summed E-state index contributed by atoms with van der Waals surface area (Å²) >= 11 is 0. The zero-order valence-corrected chi connectivity index (χ0v) is 14.2. The number of nitrogens with one attached hydrogen (secondary N) is 3. The number of aliphatic hydroxyl groups is 1. The Morgan fingerprint density at radius 3 is 2.56 bits per heavy atom. The number of carbonyl (C=O) groups excluding carboxylic acids is 1. The first-order valence-corrected chi connectivity index (χ1v) is 9.17. The second kappa shape index (κ2) is 8.34. The fourth-order valence-corrected chi connectivity index (χ4v) is 3.42. The van der Waals surface area contributed by atoms with Crippen LogP contribution in [0.15, 0.2) is 29.2 Å². The molecule has 1 heterocycles. The van der Waals surface area contributed by atoms with Crippen molar-refractivity contribution in [2.45, 2.75) is 17.4 Å². The number of nitrogens with zero attached hydrogens (tertiary/aromatic N) is 1. The van der Waals surface area contributed by atoms with Crippen LogP contribution in [0.25, 0.3) is 0 Å². The van der Waals surface area contributed by atoms with Crippen molar-refractivity contribution in [2.24, 2.45) is 5.92 Å². The molecule has 2 atom stereocenters. The van der Waals surface area contributed by atoms with Gasteiger partial charge in [0.25, 0.3) is 5.69 Å². The molecule has 1 amide bonds. The first-order valence-electron chi connectivity index (χ1n) is 7.69. The fraction of sp³-hybridized carbons (Fsp3) is 0.500. The molecule has 0 bridgehead atoms. The number of aliphatic hydroxyl groups excluding tert-OH is 1. The number of hydrogen-bond donors (Lipinski definition) is 4. The van der Waals surface area contributed by atoms with E-state index in [1.807, 2.05) is 0 Å². The molecule has 0 aromatic heterocycles. The van der Waals surface area contributed by atoms with E-state index in [0.717, 1.165) is 24.3 Å². The van der Waals surface area contributed by atoms with E-state index >= 15 is 0 Å². The van der Waals surface area contributed by atoms with Crippen molar-refractivity contribution in [3.05, 3.63) is 34.4 Å². The number of rotatable bonds is 8. The Balaban J connectivity index is 1.77. The van der Waals surface area contributed by atoms with Crippen molar-refractivity contribution in [3.63, 3.8) is 0 Å². The van der Waals surface area contributed by atoms with Crippen LogP contribution in [-0.2, 0) is 14.8 Å². The lowest BCUT2D eigenvalue weighted by atomic mass is 10.1. The molecule has 2 unspecified atom stereocenters. The second-order valence-corrected chi connectivity index (χ2v) is 7.46. The topological polar surface area (TPSA) is 151 Å². The number of amides is 1. The molecule has 2 rings (SSSR count). The van der Waals surface area contributed by atoms with E-state index in [0.29, 0.717) is 19.6 Å². The molecule has 11 heteroatoms. The SMILES string of the molecule is O=C(CCNS(=O)(=O)c1ccc([N+](=O)[O-])cc1)NCC1CNCC1O. The molecule has 1 fully saturated rings. The van der Waals surface area contributed by atoms with Gasteiger partial charge in [-0.15, -0.1) is 0 Å². The summed E-state index contributed by atoms with van der Waals surface area (Å²) in [5.74, 6) is -0.383. The first-order chi connectivity index (χ1) is 11.8. The number of nitro groups is 1. The van der Waals surface area contributed by atoms with Gasteiger partial charge >= 0.3 is 0 Å². The minimum Gasteiger partial charge on any atom is -0.391 e. The van der Waals surface area contributed by atoms with Crippen LogP contribution in [0.5, 0.6) is 0 Å². The Bertz CT molecular complexity index is 721. The van der Waals surface area contributed by atoms with E-state index in [4.69, 9.17) is 0 Å². The van der Waals surface area contributed by atoms with Crippen molar-refractivity contribution in [1.29, 1.82) is 0 Å². The van der Waals surface area contributed by atoms with Gasteiger partial charge in [-0.3, -0.25) is 14.9 Å². The number of carbonyl (C=O) groups is 1. The number of benzene rings is 1. The summed E-state index contributed by atoms with van der Waals surface area (Å²) in [6, 6.07) is 4.47. The quantitative estimate of drug-likeness (QED) is 0.336. The molecule has 0 aliphatic carbocycles. The van der Waals surface area contributed by atoms with E-state index in [-0.39, 0.29) is 35.4 Å². The third kappa shape index (κ3) is 5.46. The smallest absolute Gasteiger partial charge is 0.269 e. The number of non-ortho nitro benzene ring substituents is 1. The minimum absolute atomic E-state index is 0.0531. The van der Waals surface area contributed by atoms with Gasteiger partial charge in [0.2, 0.25) is 15.9 Å². The maximum absolute atomic E-state index is 12.1. The highest BCUT2D eigenvalue weighted by molar-refractivity contribution is 7.89. The van der Waals surface area contributed by atoms with E-state index < -0.39 is 21.1 Å². The Kier molecular flexibility index (Phi) is 6.42. The summed E-state index contributed by atoms with van der Waals surface area (Å²) < 4.78 is 26.4. The van der Waals surface area contributed by atoms with Crippen molar-refractivity contribution in [3.8, 4) is 0 Å². The normalized spacial score (nSPS) is 20.4. The van der Waals surface area contributed by atoms with Crippen molar-refractivity contribution >= 4 is 21.6 Å². The van der Waals surface area contributed by atoms with Crippen LogP contribution in [-0.4, -0.2) is 56.6 Å². The highest BCUT2D eigenvalue weighted by atomic mass is 32.2. The molecular formula is C14H20N4O6S. The zero-order valence-electron chi connectivity index (χ0n) is 13.3. The molecular weight excluding hydrogens is 352 g/mol. The molecule has 25 heavy (non-hydrogen) atoms. The molecule has 1 aliphatic rings. The van der Waals surface area contributed by atoms with Gasteiger partial charge in [0, 0.05) is 50.7 Å². The van der Waals surface area contributed by atoms with Crippen LogP contribution < -0.4 is 15.4 Å². The Morgan fingerprint density at radius 1 is 1.32 bits per heavy atom. The van der Waals surface area contributed by atoms with Crippen molar-refractivity contribution in [1.82, 2.24) is 15.4 Å². The van der Waals surface area contributed by atoms with Gasteiger partial charge in [-0.2, -0.15) is 0 Å². The van der Waals surface area contributed by atoms with E-state index in [1.165, 1.54) is 0 Å². The maximum Gasteiger partial charge on any atom is 0.269 e. The van der Waals surface area contributed by atoms with Crippen LogP contribution in [0.3, 0.4) is 0 Å². The largest absolute Gasteiger partial charge is 0.391 e. The summed E-state index contributed by atoms with van der Waals surface area (Å²) in [5.41, 5.74) is -0.207. The standard InChI is InChI=1S/C14H20N4O6S/c19-13-9-15-7-10(13)8-16-14(20)5-6-17-25(23,24)12-3-1-11(2-4-12)18(21)22/h1-4,10,13,15,17,19H,5-9H2,(H,16,20). The van der Waals surface area contributed by atoms with Gasteiger partial charge in [0.05, 0.1) is 15.9 Å². The lowest BCUT2D eigenvalue weighted by Crippen LogP contribution is -2.36. The van der Waals surface area contributed by atoms with Gasteiger partial charge in [0.15, 0.2) is 0 Å². The number of hydrogen-bond acceptors (Lipinski definition) is 7. The minimum atomic E-state index is -3.84. The van der Waals surface area contributed by atoms with Crippen molar-refractivity contribution < 1.29 is 23.2 Å². The molecule has 1 aromatic carbocycles. The molecule has 1 aromatic rings. The molecule has 10 nitrogen and oxygen atoms in total. The monoisotopic (exact) mass is 372 g/mol. The van der Waals surface area contributed by atoms with Gasteiger partial charge in [-0.1, -0.05) is 0 Å². The number of β-amino-alcohol motifs (C(OH)–C–C–N with tert-alkyl or cyclic N) is 1. The van der Waals surface area contributed by atoms with Crippen LogP contribution >= 0.6 is 0 Å². The highest BCUT2D eigenvalue weighted by Crippen LogP contribution is 2.15. The number of sulfonamides is 1. The molecule has 0 spiro atoms. The molecule has 1 saturated heterocycles. The third-order valence-electron chi connectivity index (χ3n) is 3.87. The van der Waals surface area contributed by atoms with Crippen LogP contribution in [0, 0.1) is 16.0 Å². The molecule has 0 radical (unpaired) electrons. The van der Waals surface area contributed by atoms with E-state index in [2.05, 4.69) is 15.4 Å². The van der Waals surface area contributed by atoms with E-state index in [9.17, 15) is 28.4 Å². The summed E-state index contributed by atoms with van der Waals surface area (Å²) in [6.07, 6.45) is -0.552. The zero-order chi connectivity index (χ0) is 18.4. The predicted octanol–water partition coefficient (Wildman–Crippen LogP) is -1.04. The van der Waals surface area contributed by atoms with Gasteiger partial charge in [-0.05, 0) is 12.1 Å². The molecule has 138 valence electrons. The summed E-state index contributed by atoms with van der Waals surface area (Å²) in [4.78, 5) is 21.6. The van der Waals surface area contributed by atoms with Crippen LogP contribution in [0.2, 0.25) is 0 Å².